The number of piperidine rings is 1. The van der Waals surface area contributed by atoms with Gasteiger partial charge < -0.3 is 15.5 Å². The number of carbonyl (C=O) groups excluding carboxylic acids is 2. The second-order valence-corrected chi connectivity index (χ2v) is 8.81. The summed E-state index contributed by atoms with van der Waals surface area (Å²) in [6, 6.07) is 5.67. The summed E-state index contributed by atoms with van der Waals surface area (Å²) in [5.74, 6) is 0.187. The highest BCUT2D eigenvalue weighted by Gasteiger charge is 2.28. The average molecular weight is 395 g/mol. The predicted octanol–water partition coefficient (Wildman–Crippen LogP) is -0.824. The van der Waals surface area contributed by atoms with Crippen molar-refractivity contribution in [1.82, 2.24) is 19.9 Å². The van der Waals surface area contributed by atoms with E-state index >= 15 is 0 Å². The van der Waals surface area contributed by atoms with Crippen molar-refractivity contribution in [2.24, 2.45) is 5.92 Å². The highest BCUT2D eigenvalue weighted by atomic mass is 32.2. The van der Waals surface area contributed by atoms with Gasteiger partial charge in [-0.3, -0.25) is 9.59 Å². The largest absolute Gasteiger partial charge is 0.355 e. The Morgan fingerprint density at radius 3 is 2.67 bits per heavy atom. The predicted molar refractivity (Wildman–Crippen MR) is 101 cm³/mol. The van der Waals surface area contributed by atoms with Gasteiger partial charge >= 0.3 is 0 Å². The second kappa shape index (κ2) is 8.66. The molecule has 3 rings (SSSR count). The Balaban J connectivity index is 1.42. The van der Waals surface area contributed by atoms with E-state index in [-0.39, 0.29) is 30.0 Å². The lowest BCUT2D eigenvalue weighted by Crippen LogP contribution is -2.50. The van der Waals surface area contributed by atoms with E-state index in [2.05, 4.69) is 20.5 Å². The van der Waals surface area contributed by atoms with Gasteiger partial charge in [0.1, 0.15) is 5.82 Å². The van der Waals surface area contributed by atoms with Crippen molar-refractivity contribution < 1.29 is 18.0 Å². The molecule has 0 saturated carbocycles. The highest BCUT2D eigenvalue weighted by Crippen LogP contribution is 2.15. The maximum absolute atomic E-state index is 12.5. The minimum absolute atomic E-state index is 0.0496. The number of amides is 2. The first-order chi connectivity index (χ1) is 13.0. The van der Waals surface area contributed by atoms with Crippen LogP contribution in [-0.4, -0.2) is 74.5 Å². The fourth-order valence-electron chi connectivity index (χ4n) is 3.27. The molecule has 0 bridgehead atoms. The molecule has 2 aliphatic heterocycles. The third-order valence-electron chi connectivity index (χ3n) is 4.90. The van der Waals surface area contributed by atoms with Gasteiger partial charge in [0.25, 0.3) is 0 Å². The first-order valence-electron chi connectivity index (χ1n) is 9.14. The molecule has 0 radical (unpaired) electrons. The lowest BCUT2D eigenvalue weighted by atomic mass is 9.98. The number of nitrogens with zero attached hydrogens (tertiary/aromatic N) is 3. The Morgan fingerprint density at radius 1 is 1.26 bits per heavy atom. The number of nitrogens with one attached hydrogen (secondary N) is 2. The topological polar surface area (TPSA) is 112 Å². The normalized spacial score (nSPS) is 21.6. The molecule has 1 aromatic rings. The maximum atomic E-state index is 12.5. The van der Waals surface area contributed by atoms with Crippen LogP contribution in [0.5, 0.6) is 0 Å². The van der Waals surface area contributed by atoms with Crippen molar-refractivity contribution in [3.63, 3.8) is 0 Å². The molecule has 1 aromatic heterocycles. The van der Waals surface area contributed by atoms with E-state index in [1.807, 2.05) is 18.2 Å². The number of hydrogen-bond acceptors (Lipinski definition) is 6. The molecule has 2 amide bonds. The molecule has 27 heavy (non-hydrogen) atoms. The Bertz CT molecular complexity index is 753. The van der Waals surface area contributed by atoms with E-state index in [0.29, 0.717) is 45.6 Å². The maximum Gasteiger partial charge on any atom is 0.224 e. The molecular formula is C17H25N5O4S. The molecule has 10 heteroatoms. The summed E-state index contributed by atoms with van der Waals surface area (Å²) < 4.78 is 26.5. The highest BCUT2D eigenvalue weighted by molar-refractivity contribution is 7.89. The van der Waals surface area contributed by atoms with Gasteiger partial charge in [-0.2, -0.15) is 4.31 Å². The van der Waals surface area contributed by atoms with Gasteiger partial charge in [-0.05, 0) is 18.6 Å². The molecule has 9 nitrogen and oxygen atoms in total. The Hall–Kier alpha value is -2.20. The molecule has 2 saturated heterocycles. The van der Waals surface area contributed by atoms with Gasteiger partial charge in [0.05, 0.1) is 11.7 Å². The molecule has 0 spiro atoms. The number of pyridine rings is 1. The van der Waals surface area contributed by atoms with Crippen molar-refractivity contribution in [3.8, 4) is 0 Å². The first-order valence-corrected chi connectivity index (χ1v) is 10.7. The fraction of sp³-hybridized carbons (Fsp3) is 0.588. The summed E-state index contributed by atoms with van der Waals surface area (Å²) in [7, 11) is -3.42. The van der Waals surface area contributed by atoms with Crippen LogP contribution in [0, 0.1) is 5.92 Å². The van der Waals surface area contributed by atoms with E-state index in [9.17, 15) is 18.0 Å². The van der Waals surface area contributed by atoms with Crippen LogP contribution in [0.2, 0.25) is 0 Å². The molecular weight excluding hydrogens is 370 g/mol. The first kappa shape index (κ1) is 19.6. The van der Waals surface area contributed by atoms with Gasteiger partial charge in [-0.1, -0.05) is 6.07 Å². The van der Waals surface area contributed by atoms with Gasteiger partial charge in [0.2, 0.25) is 21.8 Å². The van der Waals surface area contributed by atoms with E-state index in [4.69, 9.17) is 0 Å². The van der Waals surface area contributed by atoms with Crippen LogP contribution >= 0.6 is 0 Å². The number of aromatic nitrogens is 1. The Kier molecular flexibility index (Phi) is 6.27. The fourth-order valence-corrected chi connectivity index (χ4v) is 4.61. The average Bonchev–Trinajstić information content (AvgIpc) is 2.69. The number of anilines is 1. The molecule has 0 aliphatic carbocycles. The minimum Gasteiger partial charge on any atom is -0.355 e. The van der Waals surface area contributed by atoms with Crippen molar-refractivity contribution in [1.29, 1.82) is 0 Å². The number of carbonyl (C=O) groups is 2. The minimum atomic E-state index is -3.42. The monoisotopic (exact) mass is 395 g/mol. The van der Waals surface area contributed by atoms with Crippen molar-refractivity contribution in [2.75, 3.05) is 49.9 Å². The third kappa shape index (κ3) is 5.16. The van der Waals surface area contributed by atoms with Crippen LogP contribution in [0.1, 0.15) is 12.8 Å². The van der Waals surface area contributed by atoms with E-state index in [1.54, 1.807) is 6.20 Å². The standard InChI is InChI=1S/C17H25N5O4S/c23-16-5-4-14(13-20-16)17(24)19-7-12-27(25,26)22-10-8-21(9-11-22)15-3-1-2-6-18-15/h1-3,6,14H,4-5,7-13H2,(H,19,24)(H,20,23). The molecule has 1 unspecified atom stereocenters. The molecule has 0 aromatic carbocycles. The van der Waals surface area contributed by atoms with Crippen molar-refractivity contribution in [2.45, 2.75) is 12.8 Å². The quantitative estimate of drug-likeness (QED) is 0.651. The van der Waals surface area contributed by atoms with Crippen LogP contribution in [0.3, 0.4) is 0 Å². The zero-order chi connectivity index (χ0) is 19.3. The summed E-state index contributed by atoms with van der Waals surface area (Å²) in [5.41, 5.74) is 0. The lowest BCUT2D eigenvalue weighted by Gasteiger charge is -2.34. The van der Waals surface area contributed by atoms with Gasteiger partial charge in [0.15, 0.2) is 0 Å². The van der Waals surface area contributed by atoms with Crippen LogP contribution in [0.25, 0.3) is 0 Å². The lowest BCUT2D eigenvalue weighted by molar-refractivity contribution is -0.128. The molecule has 148 valence electrons. The molecule has 1 atom stereocenters. The number of piperazine rings is 1. The van der Waals surface area contributed by atoms with Gasteiger partial charge in [-0.15, -0.1) is 0 Å². The summed E-state index contributed by atoms with van der Waals surface area (Å²) in [6.07, 6.45) is 2.55. The Labute approximate surface area is 159 Å². The van der Waals surface area contributed by atoms with Gasteiger partial charge in [0, 0.05) is 51.9 Å². The summed E-state index contributed by atoms with van der Waals surface area (Å²) in [6.45, 7) is 2.37. The number of rotatable bonds is 6. The van der Waals surface area contributed by atoms with E-state index in [1.165, 1.54) is 4.31 Å². The van der Waals surface area contributed by atoms with Crippen molar-refractivity contribution in [3.05, 3.63) is 24.4 Å². The van der Waals surface area contributed by atoms with Gasteiger partial charge in [-0.25, -0.2) is 13.4 Å². The summed E-state index contributed by atoms with van der Waals surface area (Å²) >= 11 is 0. The van der Waals surface area contributed by atoms with Crippen LogP contribution < -0.4 is 15.5 Å². The van der Waals surface area contributed by atoms with E-state index in [0.717, 1.165) is 5.82 Å². The summed E-state index contributed by atoms with van der Waals surface area (Å²) in [5, 5.41) is 5.33. The SMILES string of the molecule is O=C1CCC(C(=O)NCCS(=O)(=O)N2CCN(c3ccccn3)CC2)CN1. The molecule has 3 heterocycles. The second-order valence-electron chi connectivity index (χ2n) is 6.72. The molecule has 2 aliphatic rings. The third-order valence-corrected chi connectivity index (χ3v) is 6.77. The van der Waals surface area contributed by atoms with Crippen LogP contribution in [-0.2, 0) is 19.6 Å². The van der Waals surface area contributed by atoms with Crippen LogP contribution in [0.15, 0.2) is 24.4 Å². The molecule has 2 fully saturated rings. The van der Waals surface area contributed by atoms with Crippen molar-refractivity contribution >= 4 is 27.7 Å². The number of sulfonamides is 1. The van der Waals surface area contributed by atoms with E-state index < -0.39 is 10.0 Å². The zero-order valence-corrected chi connectivity index (χ0v) is 16.0. The smallest absolute Gasteiger partial charge is 0.224 e. The van der Waals surface area contributed by atoms with Crippen LogP contribution in [0.4, 0.5) is 5.82 Å². The number of hydrogen-bond donors (Lipinski definition) is 2. The molecule has 2 N–H and O–H groups in total. The Morgan fingerprint density at radius 2 is 2.04 bits per heavy atom. The zero-order valence-electron chi connectivity index (χ0n) is 15.1. The summed E-state index contributed by atoms with van der Waals surface area (Å²) in [4.78, 5) is 29.6.